The van der Waals surface area contributed by atoms with Gasteiger partial charge in [0.25, 0.3) is 5.56 Å². The predicted octanol–water partition coefficient (Wildman–Crippen LogP) is 4.34. The number of ether oxygens (including phenoxy) is 1. The lowest BCUT2D eigenvalue weighted by Gasteiger charge is -2.18. The molecule has 0 aliphatic carbocycles. The average molecular weight is 376 g/mol. The van der Waals surface area contributed by atoms with Gasteiger partial charge in [-0.25, -0.2) is 4.39 Å². The number of para-hydroxylation sites is 1. The van der Waals surface area contributed by atoms with Gasteiger partial charge in [-0.1, -0.05) is 31.2 Å². The Bertz CT molecular complexity index is 1100. The van der Waals surface area contributed by atoms with E-state index in [-0.39, 0.29) is 11.4 Å². The van der Waals surface area contributed by atoms with Gasteiger partial charge in [0.05, 0.1) is 24.4 Å². The number of nitrogens with zero attached hydrogens (tertiary/aromatic N) is 2. The van der Waals surface area contributed by atoms with E-state index in [1.807, 2.05) is 37.3 Å². The van der Waals surface area contributed by atoms with Gasteiger partial charge >= 0.3 is 0 Å². The van der Waals surface area contributed by atoms with Crippen molar-refractivity contribution >= 4 is 0 Å². The Labute approximate surface area is 163 Å². The Morgan fingerprint density at radius 3 is 2.61 bits per heavy atom. The van der Waals surface area contributed by atoms with Gasteiger partial charge in [-0.05, 0) is 48.7 Å². The highest BCUT2D eigenvalue weighted by Crippen LogP contribution is 2.30. The van der Waals surface area contributed by atoms with Crippen molar-refractivity contribution < 1.29 is 9.13 Å². The Morgan fingerprint density at radius 1 is 1.14 bits per heavy atom. The van der Waals surface area contributed by atoms with Crippen molar-refractivity contribution in [3.63, 3.8) is 0 Å². The third-order valence-electron chi connectivity index (χ3n) is 4.77. The Kier molecular flexibility index (Phi) is 5.90. The fourth-order valence-electron chi connectivity index (χ4n) is 3.37. The molecule has 0 aliphatic rings. The summed E-state index contributed by atoms with van der Waals surface area (Å²) in [5.41, 5.74) is 2.82. The zero-order valence-corrected chi connectivity index (χ0v) is 15.9. The van der Waals surface area contributed by atoms with Gasteiger partial charge in [0.15, 0.2) is 0 Å². The molecule has 3 aromatic rings. The van der Waals surface area contributed by atoms with Crippen molar-refractivity contribution in [3.8, 4) is 23.1 Å². The first-order valence-electron chi connectivity index (χ1n) is 9.13. The Balaban J connectivity index is 2.16. The van der Waals surface area contributed by atoms with Crippen LogP contribution in [0.3, 0.4) is 0 Å². The summed E-state index contributed by atoms with van der Waals surface area (Å²) >= 11 is 0. The van der Waals surface area contributed by atoms with E-state index in [1.165, 1.54) is 12.1 Å². The SMILES string of the molecule is CCc1c(C#N)cc(-c2ccccc2OC)n(CCc2cccc(F)c2)c1=O. The molecule has 28 heavy (non-hydrogen) atoms. The molecule has 1 heterocycles. The summed E-state index contributed by atoms with van der Waals surface area (Å²) in [6, 6.07) is 17.6. The molecule has 0 fully saturated rings. The molecule has 0 N–H and O–H groups in total. The van der Waals surface area contributed by atoms with E-state index in [0.29, 0.717) is 42.0 Å². The molecular weight excluding hydrogens is 355 g/mol. The molecule has 5 heteroatoms. The highest BCUT2D eigenvalue weighted by atomic mass is 19.1. The van der Waals surface area contributed by atoms with Gasteiger partial charge < -0.3 is 9.30 Å². The standard InChI is InChI=1S/C23H21FN2O2/c1-3-19-17(15-25)14-21(20-9-4-5-10-22(20)28-2)26(23(19)27)12-11-16-7-6-8-18(24)13-16/h4-10,13-14H,3,11-12H2,1-2H3. The molecule has 1 aromatic heterocycles. The smallest absolute Gasteiger partial charge is 0.255 e. The molecule has 0 spiro atoms. The Hall–Kier alpha value is -3.39. The van der Waals surface area contributed by atoms with Gasteiger partial charge in [0.2, 0.25) is 0 Å². The van der Waals surface area contributed by atoms with E-state index in [2.05, 4.69) is 6.07 Å². The topological polar surface area (TPSA) is 55.0 Å². The number of methoxy groups -OCH3 is 1. The zero-order chi connectivity index (χ0) is 20.1. The van der Waals surface area contributed by atoms with Crippen LogP contribution in [0.5, 0.6) is 5.75 Å². The normalized spacial score (nSPS) is 10.5. The lowest BCUT2D eigenvalue weighted by Crippen LogP contribution is -2.27. The largest absolute Gasteiger partial charge is 0.496 e. The van der Waals surface area contributed by atoms with Gasteiger partial charge in [-0.15, -0.1) is 0 Å². The zero-order valence-electron chi connectivity index (χ0n) is 15.9. The molecule has 142 valence electrons. The van der Waals surface area contributed by atoms with Crippen molar-refractivity contribution in [2.45, 2.75) is 26.3 Å². The molecular formula is C23H21FN2O2. The van der Waals surface area contributed by atoms with Gasteiger partial charge in [-0.2, -0.15) is 5.26 Å². The third-order valence-corrected chi connectivity index (χ3v) is 4.77. The van der Waals surface area contributed by atoms with Crippen molar-refractivity contribution in [1.82, 2.24) is 4.57 Å². The minimum atomic E-state index is -0.302. The maximum Gasteiger partial charge on any atom is 0.255 e. The molecule has 0 atom stereocenters. The second-order valence-corrected chi connectivity index (χ2v) is 6.42. The molecule has 0 bridgehead atoms. The number of hydrogen-bond donors (Lipinski definition) is 0. The van der Waals surface area contributed by atoms with Gasteiger partial charge in [0, 0.05) is 17.7 Å². The number of benzene rings is 2. The molecule has 0 saturated heterocycles. The maximum atomic E-state index is 13.5. The lowest BCUT2D eigenvalue weighted by molar-refractivity contribution is 0.416. The molecule has 0 unspecified atom stereocenters. The van der Waals surface area contributed by atoms with E-state index < -0.39 is 0 Å². The van der Waals surface area contributed by atoms with Crippen LogP contribution in [-0.4, -0.2) is 11.7 Å². The summed E-state index contributed by atoms with van der Waals surface area (Å²) in [5.74, 6) is 0.318. The van der Waals surface area contributed by atoms with E-state index in [0.717, 1.165) is 11.1 Å². The van der Waals surface area contributed by atoms with Crippen molar-refractivity contribution in [2.24, 2.45) is 0 Å². The third kappa shape index (κ3) is 3.81. The van der Waals surface area contributed by atoms with Crippen LogP contribution in [0.2, 0.25) is 0 Å². The Morgan fingerprint density at radius 2 is 1.93 bits per heavy atom. The number of pyridine rings is 1. The molecule has 4 nitrogen and oxygen atoms in total. The highest BCUT2D eigenvalue weighted by molar-refractivity contribution is 5.69. The number of nitriles is 1. The fourth-order valence-corrected chi connectivity index (χ4v) is 3.37. The maximum absolute atomic E-state index is 13.5. The number of halogens is 1. The number of aryl methyl sites for hydroxylation is 1. The minimum Gasteiger partial charge on any atom is -0.496 e. The summed E-state index contributed by atoms with van der Waals surface area (Å²) in [4.78, 5) is 13.2. The van der Waals surface area contributed by atoms with Crippen LogP contribution in [0.4, 0.5) is 4.39 Å². The van der Waals surface area contributed by atoms with Crippen LogP contribution in [0.15, 0.2) is 59.4 Å². The predicted molar refractivity (Wildman–Crippen MR) is 107 cm³/mol. The van der Waals surface area contributed by atoms with Crippen LogP contribution in [0.1, 0.15) is 23.6 Å². The fraction of sp³-hybridized carbons (Fsp3) is 0.217. The first kappa shape index (κ1) is 19.4. The van der Waals surface area contributed by atoms with Crippen LogP contribution in [0, 0.1) is 17.1 Å². The van der Waals surface area contributed by atoms with Gasteiger partial charge in [0.1, 0.15) is 11.6 Å². The first-order valence-corrected chi connectivity index (χ1v) is 9.13. The molecule has 3 rings (SSSR count). The lowest BCUT2D eigenvalue weighted by atomic mass is 10.0. The number of aromatic nitrogens is 1. The van der Waals surface area contributed by atoms with Crippen LogP contribution in [-0.2, 0) is 19.4 Å². The highest BCUT2D eigenvalue weighted by Gasteiger charge is 2.17. The number of hydrogen-bond acceptors (Lipinski definition) is 3. The average Bonchev–Trinajstić information content (AvgIpc) is 2.72. The van der Waals surface area contributed by atoms with E-state index in [4.69, 9.17) is 4.74 Å². The molecule has 0 aliphatic heterocycles. The molecule has 0 amide bonds. The summed E-state index contributed by atoms with van der Waals surface area (Å²) in [6.45, 7) is 2.23. The van der Waals surface area contributed by atoms with E-state index in [9.17, 15) is 14.4 Å². The van der Waals surface area contributed by atoms with Crippen LogP contribution in [0.25, 0.3) is 11.3 Å². The van der Waals surface area contributed by atoms with Crippen molar-refractivity contribution in [3.05, 3.63) is 87.5 Å². The van der Waals surface area contributed by atoms with E-state index >= 15 is 0 Å². The van der Waals surface area contributed by atoms with Crippen molar-refractivity contribution in [2.75, 3.05) is 7.11 Å². The number of rotatable bonds is 6. The van der Waals surface area contributed by atoms with E-state index in [1.54, 1.807) is 23.8 Å². The second kappa shape index (κ2) is 8.53. The first-order chi connectivity index (χ1) is 13.6. The molecule has 0 saturated carbocycles. The van der Waals surface area contributed by atoms with Crippen LogP contribution >= 0.6 is 0 Å². The second-order valence-electron chi connectivity index (χ2n) is 6.42. The molecule has 0 radical (unpaired) electrons. The van der Waals surface area contributed by atoms with Crippen molar-refractivity contribution in [1.29, 1.82) is 5.26 Å². The summed E-state index contributed by atoms with van der Waals surface area (Å²) in [6.07, 6.45) is 0.961. The molecule has 2 aromatic carbocycles. The summed E-state index contributed by atoms with van der Waals surface area (Å²) in [7, 11) is 1.57. The van der Waals surface area contributed by atoms with Gasteiger partial charge in [-0.3, -0.25) is 4.79 Å². The summed E-state index contributed by atoms with van der Waals surface area (Å²) in [5, 5.41) is 9.53. The monoisotopic (exact) mass is 376 g/mol. The minimum absolute atomic E-state index is 0.196. The van der Waals surface area contributed by atoms with Crippen LogP contribution < -0.4 is 10.3 Å². The summed E-state index contributed by atoms with van der Waals surface area (Å²) < 4.78 is 20.6. The quantitative estimate of drug-likeness (QED) is 0.643.